The molecule has 0 aliphatic rings. The molecule has 3 rings (SSSR count). The maximum absolute atomic E-state index is 12.1. The Kier molecular flexibility index (Phi) is 3.93. The van der Waals surface area contributed by atoms with E-state index in [0.29, 0.717) is 22.5 Å². The molecule has 0 spiro atoms. The molecule has 5 nitrogen and oxygen atoms in total. The third-order valence-corrected chi connectivity index (χ3v) is 4.30. The minimum Gasteiger partial charge on any atom is -0.370 e. The molecule has 0 bridgehead atoms. The van der Waals surface area contributed by atoms with E-state index in [-0.39, 0.29) is 17.9 Å². The number of nitrogens with zero attached hydrogens (tertiary/aromatic N) is 2. The predicted molar refractivity (Wildman–Crippen MR) is 86.6 cm³/mol. The third kappa shape index (κ3) is 3.01. The molecule has 0 radical (unpaired) electrons. The van der Waals surface area contributed by atoms with Crippen LogP contribution in [0.4, 0.5) is 0 Å². The summed E-state index contributed by atoms with van der Waals surface area (Å²) in [7, 11) is 0. The van der Waals surface area contributed by atoms with Crippen LogP contribution in [0.5, 0.6) is 0 Å². The number of hydrogen-bond acceptors (Lipinski definition) is 5. The number of hydrogen-bond donors (Lipinski definition) is 1. The zero-order valence-electron chi connectivity index (χ0n) is 11.7. The Bertz CT molecular complexity index is 905. The van der Waals surface area contributed by atoms with Crippen LogP contribution < -0.4 is 11.3 Å². The Morgan fingerprint density at radius 3 is 2.86 bits per heavy atom. The number of primary amides is 1. The van der Waals surface area contributed by atoms with Crippen molar-refractivity contribution in [2.24, 2.45) is 5.73 Å². The number of benzene rings is 1. The van der Waals surface area contributed by atoms with Gasteiger partial charge in [-0.15, -0.1) is 11.3 Å². The first-order chi connectivity index (χ1) is 10.6. The molecule has 0 saturated carbocycles. The van der Waals surface area contributed by atoms with E-state index in [4.69, 9.17) is 5.73 Å². The average molecular weight is 311 g/mol. The van der Waals surface area contributed by atoms with Gasteiger partial charge in [0.15, 0.2) is 0 Å². The second kappa shape index (κ2) is 6.03. The first-order valence-corrected chi connectivity index (χ1v) is 7.58. The lowest BCUT2D eigenvalue weighted by molar-refractivity contribution is -0.117. The van der Waals surface area contributed by atoms with Gasteiger partial charge in [-0.05, 0) is 36.2 Å². The lowest BCUT2D eigenvalue weighted by atomic mass is 10.1. The summed E-state index contributed by atoms with van der Waals surface area (Å²) >= 11 is 1.42. The molecule has 2 N–H and O–H groups in total. The normalized spacial score (nSPS) is 10.7. The highest BCUT2D eigenvalue weighted by atomic mass is 32.1. The van der Waals surface area contributed by atoms with Gasteiger partial charge in [-0.2, -0.15) is 4.98 Å². The smallest absolute Gasteiger partial charge is 0.279 e. The van der Waals surface area contributed by atoms with Crippen LogP contribution in [0.15, 0.2) is 47.4 Å². The molecule has 3 aromatic rings. The Hall–Kier alpha value is -2.60. The standard InChI is InChI=1S/C16H13N3O2S/c17-14(20)6-5-10-7-8-18-12(9-10)16-19-15(21)11-3-1-2-4-13(11)22-16/h1-4,7-9H,5-6H2,(H2,17,20). The van der Waals surface area contributed by atoms with Gasteiger partial charge in [-0.3, -0.25) is 14.6 Å². The van der Waals surface area contributed by atoms with E-state index >= 15 is 0 Å². The second-order valence-corrected chi connectivity index (χ2v) is 5.87. The molecule has 0 unspecified atom stereocenters. The highest BCUT2D eigenvalue weighted by Crippen LogP contribution is 2.25. The summed E-state index contributed by atoms with van der Waals surface area (Å²) < 4.78 is 0.877. The molecule has 110 valence electrons. The van der Waals surface area contributed by atoms with Gasteiger partial charge in [-0.25, -0.2) is 0 Å². The topological polar surface area (TPSA) is 85.9 Å². The summed E-state index contributed by atoms with van der Waals surface area (Å²) in [6.45, 7) is 0. The van der Waals surface area contributed by atoms with E-state index in [9.17, 15) is 9.59 Å². The average Bonchev–Trinajstić information content (AvgIpc) is 2.53. The highest BCUT2D eigenvalue weighted by Gasteiger charge is 2.08. The Balaban J connectivity index is 2.02. The number of aromatic nitrogens is 2. The van der Waals surface area contributed by atoms with E-state index in [1.165, 1.54) is 11.3 Å². The van der Waals surface area contributed by atoms with Crippen LogP contribution in [-0.4, -0.2) is 15.9 Å². The summed E-state index contributed by atoms with van der Waals surface area (Å²) in [5.74, 6) is -0.341. The maximum Gasteiger partial charge on any atom is 0.279 e. The van der Waals surface area contributed by atoms with Crippen molar-refractivity contribution in [1.29, 1.82) is 0 Å². The predicted octanol–water partition coefficient (Wildman–Crippen LogP) is 2.14. The molecule has 1 amide bonds. The second-order valence-electron chi connectivity index (χ2n) is 4.84. The van der Waals surface area contributed by atoms with E-state index in [0.717, 1.165) is 10.3 Å². The van der Waals surface area contributed by atoms with Gasteiger partial charge in [0.05, 0.1) is 11.1 Å². The number of carbonyl (C=O) groups excluding carboxylic acids is 1. The van der Waals surface area contributed by atoms with Crippen LogP contribution in [0.25, 0.3) is 20.8 Å². The van der Waals surface area contributed by atoms with Crippen molar-refractivity contribution in [3.63, 3.8) is 0 Å². The first kappa shape index (κ1) is 14.3. The summed E-state index contributed by atoms with van der Waals surface area (Å²) in [5.41, 5.74) is 6.49. The summed E-state index contributed by atoms with van der Waals surface area (Å²) in [6.07, 6.45) is 2.48. The summed E-state index contributed by atoms with van der Waals surface area (Å²) in [4.78, 5) is 31.3. The van der Waals surface area contributed by atoms with Crippen molar-refractivity contribution in [3.05, 3.63) is 58.5 Å². The molecule has 0 aliphatic carbocycles. The Morgan fingerprint density at radius 1 is 1.23 bits per heavy atom. The zero-order chi connectivity index (χ0) is 15.5. The van der Waals surface area contributed by atoms with Gasteiger partial charge >= 0.3 is 0 Å². The molecule has 0 saturated heterocycles. The van der Waals surface area contributed by atoms with Gasteiger partial charge in [0.2, 0.25) is 5.91 Å². The van der Waals surface area contributed by atoms with E-state index in [1.807, 2.05) is 30.3 Å². The molecule has 1 aromatic carbocycles. The van der Waals surface area contributed by atoms with E-state index < -0.39 is 0 Å². The molecule has 0 fully saturated rings. The van der Waals surface area contributed by atoms with Gasteiger partial charge in [0, 0.05) is 17.3 Å². The molecule has 6 heteroatoms. The molecule has 0 aliphatic heterocycles. The van der Waals surface area contributed by atoms with Crippen molar-refractivity contribution in [2.45, 2.75) is 12.8 Å². The van der Waals surface area contributed by atoms with Gasteiger partial charge < -0.3 is 5.73 Å². The monoisotopic (exact) mass is 311 g/mol. The number of fused-ring (bicyclic) bond motifs is 1. The molecule has 2 aromatic heterocycles. The van der Waals surface area contributed by atoms with Gasteiger partial charge in [0.1, 0.15) is 5.01 Å². The highest BCUT2D eigenvalue weighted by molar-refractivity contribution is 7.21. The Morgan fingerprint density at radius 2 is 2.05 bits per heavy atom. The van der Waals surface area contributed by atoms with Crippen molar-refractivity contribution in [3.8, 4) is 10.7 Å². The van der Waals surface area contributed by atoms with Crippen LogP contribution in [-0.2, 0) is 11.2 Å². The number of carbonyl (C=O) groups is 1. The molecule has 0 atom stereocenters. The SMILES string of the molecule is NC(=O)CCc1ccnc(-c2nc(=O)c3ccccc3s2)c1. The van der Waals surface area contributed by atoms with Crippen molar-refractivity contribution >= 4 is 27.3 Å². The number of aryl methyl sites for hydroxylation is 1. The first-order valence-electron chi connectivity index (χ1n) is 6.77. The van der Waals surface area contributed by atoms with Gasteiger partial charge in [-0.1, -0.05) is 12.1 Å². The molecular formula is C16H13N3O2S. The Labute approximate surface area is 130 Å². The number of amides is 1. The number of nitrogens with two attached hydrogens (primary N) is 1. The van der Waals surface area contributed by atoms with Crippen molar-refractivity contribution in [2.75, 3.05) is 0 Å². The lowest BCUT2D eigenvalue weighted by Gasteiger charge is -2.04. The summed E-state index contributed by atoms with van der Waals surface area (Å²) in [6, 6.07) is 11.0. The van der Waals surface area contributed by atoms with Crippen LogP contribution in [0.1, 0.15) is 12.0 Å². The van der Waals surface area contributed by atoms with Crippen LogP contribution in [0.2, 0.25) is 0 Å². The minimum atomic E-state index is -0.341. The van der Waals surface area contributed by atoms with Crippen molar-refractivity contribution in [1.82, 2.24) is 9.97 Å². The molecular weight excluding hydrogens is 298 g/mol. The van der Waals surface area contributed by atoms with E-state index in [2.05, 4.69) is 9.97 Å². The molecule has 2 heterocycles. The summed E-state index contributed by atoms with van der Waals surface area (Å²) in [5, 5.41) is 1.19. The number of pyridine rings is 1. The fourth-order valence-electron chi connectivity index (χ4n) is 2.14. The van der Waals surface area contributed by atoms with Crippen LogP contribution in [0, 0.1) is 0 Å². The largest absolute Gasteiger partial charge is 0.370 e. The van der Waals surface area contributed by atoms with Crippen molar-refractivity contribution < 1.29 is 4.79 Å². The van der Waals surface area contributed by atoms with E-state index in [1.54, 1.807) is 12.3 Å². The van der Waals surface area contributed by atoms with Crippen LogP contribution >= 0.6 is 11.3 Å². The fraction of sp³-hybridized carbons (Fsp3) is 0.125. The minimum absolute atomic E-state index is 0.256. The fourth-order valence-corrected chi connectivity index (χ4v) is 3.10. The lowest BCUT2D eigenvalue weighted by Crippen LogP contribution is -2.11. The van der Waals surface area contributed by atoms with Crippen LogP contribution in [0.3, 0.4) is 0 Å². The molecule has 22 heavy (non-hydrogen) atoms. The maximum atomic E-state index is 12.1. The quantitative estimate of drug-likeness (QED) is 0.800. The zero-order valence-corrected chi connectivity index (χ0v) is 12.5. The number of rotatable bonds is 4. The third-order valence-electron chi connectivity index (χ3n) is 3.23. The van der Waals surface area contributed by atoms with Gasteiger partial charge in [0.25, 0.3) is 5.56 Å².